The van der Waals surface area contributed by atoms with Crippen molar-refractivity contribution in [3.63, 3.8) is 0 Å². The molecule has 108 valence electrons. The first kappa shape index (κ1) is 16.1. The summed E-state index contributed by atoms with van der Waals surface area (Å²) in [5.74, 6) is 0. The number of ether oxygens (including phenoxy) is 2. The summed E-state index contributed by atoms with van der Waals surface area (Å²) in [6.07, 6.45) is 3.51. The molecule has 18 heavy (non-hydrogen) atoms. The molecule has 5 nitrogen and oxygen atoms in total. The third-order valence-corrected chi connectivity index (χ3v) is 6.24. The SMILES string of the molecule is CCC(CC[Si](OC)(OC)OC)OCC1CCO1. The van der Waals surface area contributed by atoms with Gasteiger partial charge in [-0.1, -0.05) is 6.92 Å². The highest BCUT2D eigenvalue weighted by Gasteiger charge is 2.38. The van der Waals surface area contributed by atoms with E-state index in [0.717, 1.165) is 31.9 Å². The molecular formula is C12H26O5Si. The van der Waals surface area contributed by atoms with Crippen LogP contribution in [-0.2, 0) is 22.8 Å². The molecule has 0 radical (unpaired) electrons. The Bertz CT molecular complexity index is 210. The van der Waals surface area contributed by atoms with Crippen molar-refractivity contribution in [3.05, 3.63) is 0 Å². The average molecular weight is 278 g/mol. The molecule has 0 bridgehead atoms. The lowest BCUT2D eigenvalue weighted by molar-refractivity contribution is -0.110. The molecule has 1 aliphatic rings. The van der Waals surface area contributed by atoms with Gasteiger partial charge < -0.3 is 22.8 Å². The van der Waals surface area contributed by atoms with Crippen LogP contribution in [0.4, 0.5) is 0 Å². The molecule has 0 amide bonds. The number of hydrogen-bond acceptors (Lipinski definition) is 5. The summed E-state index contributed by atoms with van der Waals surface area (Å²) < 4.78 is 27.4. The topological polar surface area (TPSA) is 46.2 Å². The lowest BCUT2D eigenvalue weighted by Crippen LogP contribution is -2.43. The summed E-state index contributed by atoms with van der Waals surface area (Å²) in [4.78, 5) is 0. The van der Waals surface area contributed by atoms with E-state index in [-0.39, 0.29) is 6.10 Å². The van der Waals surface area contributed by atoms with Crippen molar-refractivity contribution in [2.45, 2.75) is 44.4 Å². The molecule has 6 heteroatoms. The highest BCUT2D eigenvalue weighted by Crippen LogP contribution is 2.20. The molecule has 0 N–H and O–H groups in total. The van der Waals surface area contributed by atoms with Crippen molar-refractivity contribution >= 4 is 8.80 Å². The van der Waals surface area contributed by atoms with Crippen LogP contribution < -0.4 is 0 Å². The summed E-state index contributed by atoms with van der Waals surface area (Å²) in [7, 11) is 2.47. The van der Waals surface area contributed by atoms with E-state index in [0.29, 0.717) is 12.7 Å². The van der Waals surface area contributed by atoms with Crippen molar-refractivity contribution in [2.75, 3.05) is 34.5 Å². The Labute approximate surface area is 111 Å². The van der Waals surface area contributed by atoms with Crippen LogP contribution in [0.3, 0.4) is 0 Å². The van der Waals surface area contributed by atoms with Crippen LogP contribution in [0.5, 0.6) is 0 Å². The normalized spacial score (nSPS) is 21.7. The average Bonchev–Trinajstić information content (AvgIpc) is 2.36. The van der Waals surface area contributed by atoms with Crippen molar-refractivity contribution in [2.24, 2.45) is 0 Å². The summed E-state index contributed by atoms with van der Waals surface area (Å²) in [6, 6.07) is 0.778. The van der Waals surface area contributed by atoms with Gasteiger partial charge in [0.15, 0.2) is 0 Å². The molecule has 0 spiro atoms. The smallest absolute Gasteiger partial charge is 0.377 e. The predicted molar refractivity (Wildman–Crippen MR) is 70.6 cm³/mol. The standard InChI is InChI=1S/C12H26O5Si/c1-5-11(17-10-12-6-8-16-12)7-9-18(13-2,14-3)15-4/h11-12H,5-10H2,1-4H3. The van der Waals surface area contributed by atoms with Crippen LogP contribution in [0.15, 0.2) is 0 Å². The maximum atomic E-state index is 5.85. The van der Waals surface area contributed by atoms with Gasteiger partial charge >= 0.3 is 8.80 Å². The molecule has 1 fully saturated rings. The molecule has 0 aliphatic carbocycles. The third-order valence-electron chi connectivity index (χ3n) is 3.47. The Balaban J connectivity index is 2.27. The molecule has 2 atom stereocenters. The van der Waals surface area contributed by atoms with Crippen molar-refractivity contribution < 1.29 is 22.8 Å². The number of hydrogen-bond donors (Lipinski definition) is 0. The van der Waals surface area contributed by atoms with Crippen LogP contribution in [0, 0.1) is 0 Å². The van der Waals surface area contributed by atoms with Gasteiger partial charge in [0.2, 0.25) is 0 Å². The zero-order valence-electron chi connectivity index (χ0n) is 11.9. The lowest BCUT2D eigenvalue weighted by Gasteiger charge is -2.29. The lowest BCUT2D eigenvalue weighted by atomic mass is 10.2. The summed E-state index contributed by atoms with van der Waals surface area (Å²) in [5.41, 5.74) is 0. The van der Waals surface area contributed by atoms with Gasteiger partial charge in [-0.2, -0.15) is 0 Å². The van der Waals surface area contributed by atoms with Crippen LogP contribution in [0.2, 0.25) is 6.04 Å². The predicted octanol–water partition coefficient (Wildman–Crippen LogP) is 1.84. The Morgan fingerprint density at radius 3 is 2.22 bits per heavy atom. The van der Waals surface area contributed by atoms with Gasteiger partial charge in [0, 0.05) is 34.0 Å². The fourth-order valence-corrected chi connectivity index (χ4v) is 3.75. The second-order valence-electron chi connectivity index (χ2n) is 4.48. The van der Waals surface area contributed by atoms with Gasteiger partial charge in [-0.3, -0.25) is 0 Å². The molecule has 1 heterocycles. The molecule has 1 aliphatic heterocycles. The highest BCUT2D eigenvalue weighted by molar-refractivity contribution is 6.60. The second-order valence-corrected chi connectivity index (χ2v) is 7.57. The summed E-state index contributed by atoms with van der Waals surface area (Å²) in [6.45, 7) is 3.69. The Morgan fingerprint density at radius 1 is 1.22 bits per heavy atom. The van der Waals surface area contributed by atoms with Crippen molar-refractivity contribution in [1.82, 2.24) is 0 Å². The van der Waals surface area contributed by atoms with Gasteiger partial charge in [-0.15, -0.1) is 0 Å². The van der Waals surface area contributed by atoms with Crippen molar-refractivity contribution in [3.8, 4) is 0 Å². The molecule has 0 aromatic heterocycles. The fourth-order valence-electron chi connectivity index (χ4n) is 1.96. The highest BCUT2D eigenvalue weighted by atomic mass is 28.4. The van der Waals surface area contributed by atoms with Crippen LogP contribution in [-0.4, -0.2) is 55.6 Å². The molecular weight excluding hydrogens is 252 g/mol. The van der Waals surface area contributed by atoms with Gasteiger partial charge in [-0.05, 0) is 19.3 Å². The largest absolute Gasteiger partial charge is 0.500 e. The van der Waals surface area contributed by atoms with Gasteiger partial charge in [0.1, 0.15) is 0 Å². The minimum Gasteiger partial charge on any atom is -0.377 e. The Hall–Kier alpha value is 0.0169. The van der Waals surface area contributed by atoms with Crippen molar-refractivity contribution in [1.29, 1.82) is 0 Å². The zero-order chi connectivity index (χ0) is 13.4. The summed E-state index contributed by atoms with van der Waals surface area (Å²) in [5, 5.41) is 0. The van der Waals surface area contributed by atoms with Gasteiger partial charge in [0.25, 0.3) is 0 Å². The molecule has 1 rings (SSSR count). The third kappa shape index (κ3) is 4.60. The monoisotopic (exact) mass is 278 g/mol. The zero-order valence-corrected chi connectivity index (χ0v) is 12.9. The Morgan fingerprint density at radius 2 is 1.83 bits per heavy atom. The van der Waals surface area contributed by atoms with E-state index >= 15 is 0 Å². The van der Waals surface area contributed by atoms with E-state index in [1.807, 2.05) is 0 Å². The van der Waals surface area contributed by atoms with E-state index in [4.69, 9.17) is 22.8 Å². The van der Waals surface area contributed by atoms with Gasteiger partial charge in [0.05, 0.1) is 18.8 Å². The number of rotatable bonds is 10. The molecule has 0 aromatic rings. The molecule has 0 aromatic carbocycles. The first-order valence-corrected chi connectivity index (χ1v) is 8.51. The van der Waals surface area contributed by atoms with E-state index in [1.165, 1.54) is 0 Å². The van der Waals surface area contributed by atoms with Crippen LogP contribution in [0.1, 0.15) is 26.2 Å². The summed E-state index contributed by atoms with van der Waals surface area (Å²) >= 11 is 0. The molecule has 0 saturated carbocycles. The minimum atomic E-state index is -2.46. The Kier molecular flexibility index (Phi) is 7.36. The fraction of sp³-hybridized carbons (Fsp3) is 1.00. The molecule has 1 saturated heterocycles. The second kappa shape index (κ2) is 8.24. The maximum Gasteiger partial charge on any atom is 0.500 e. The first-order chi connectivity index (χ1) is 8.69. The van der Waals surface area contributed by atoms with E-state index < -0.39 is 8.80 Å². The van der Waals surface area contributed by atoms with Crippen LogP contribution >= 0.6 is 0 Å². The maximum absolute atomic E-state index is 5.85. The van der Waals surface area contributed by atoms with E-state index in [9.17, 15) is 0 Å². The molecule has 2 unspecified atom stereocenters. The van der Waals surface area contributed by atoms with Gasteiger partial charge in [-0.25, -0.2) is 0 Å². The van der Waals surface area contributed by atoms with E-state index in [2.05, 4.69) is 6.92 Å². The minimum absolute atomic E-state index is 0.224. The van der Waals surface area contributed by atoms with E-state index in [1.54, 1.807) is 21.3 Å². The first-order valence-electron chi connectivity index (χ1n) is 6.58. The quantitative estimate of drug-likeness (QED) is 0.571. The van der Waals surface area contributed by atoms with Crippen LogP contribution in [0.25, 0.3) is 0 Å².